The van der Waals surface area contributed by atoms with Gasteiger partial charge in [-0.25, -0.2) is 5.43 Å². The molecule has 1 aliphatic rings. The summed E-state index contributed by atoms with van der Waals surface area (Å²) in [4.78, 5) is 33.8. The van der Waals surface area contributed by atoms with Gasteiger partial charge in [-0.05, 0) is 26.0 Å². The third-order valence-electron chi connectivity index (χ3n) is 3.26. The number of carbonyl (C=O) groups is 2. The Balaban J connectivity index is 2.25. The summed E-state index contributed by atoms with van der Waals surface area (Å²) in [5, 5.41) is 10.5. The molecule has 1 unspecified atom stereocenters. The van der Waals surface area contributed by atoms with Crippen LogP contribution in [0.25, 0.3) is 0 Å². The zero-order valence-corrected chi connectivity index (χ0v) is 10.5. The zero-order valence-electron chi connectivity index (χ0n) is 10.5. The highest BCUT2D eigenvalue weighted by Crippen LogP contribution is 2.27. The van der Waals surface area contributed by atoms with Crippen molar-refractivity contribution in [3.63, 3.8) is 0 Å². The predicted molar refractivity (Wildman–Crippen MR) is 66.3 cm³/mol. The van der Waals surface area contributed by atoms with Gasteiger partial charge in [0, 0.05) is 17.7 Å². The van der Waals surface area contributed by atoms with Crippen molar-refractivity contribution in [2.24, 2.45) is 5.41 Å². The third-order valence-corrected chi connectivity index (χ3v) is 3.26. The van der Waals surface area contributed by atoms with E-state index < -0.39 is 16.4 Å². The van der Waals surface area contributed by atoms with Crippen LogP contribution >= 0.6 is 0 Å². The monoisotopic (exact) mass is 263 g/mol. The summed E-state index contributed by atoms with van der Waals surface area (Å²) in [5.74, 6) is -0.536. The second-order valence-electron chi connectivity index (χ2n) is 4.92. The molecule has 1 aromatic rings. The molecule has 19 heavy (non-hydrogen) atoms. The van der Waals surface area contributed by atoms with Crippen molar-refractivity contribution >= 4 is 17.4 Å². The number of nitro benzene ring substituents is 1. The molecular weight excluding hydrogens is 250 g/mol. The Morgan fingerprint density at radius 2 is 1.89 bits per heavy atom. The lowest BCUT2D eigenvalue weighted by molar-refractivity contribution is -0.384. The molecule has 1 saturated heterocycles. The number of amides is 1. The van der Waals surface area contributed by atoms with Gasteiger partial charge in [-0.1, -0.05) is 0 Å². The molecule has 1 aliphatic heterocycles. The second kappa shape index (κ2) is 4.43. The largest absolute Gasteiger partial charge is 0.292 e. The van der Waals surface area contributed by atoms with Crippen LogP contribution in [-0.4, -0.2) is 22.7 Å². The first-order chi connectivity index (χ1) is 8.84. The lowest BCUT2D eigenvalue weighted by atomic mass is 9.81. The molecule has 0 aliphatic carbocycles. The number of benzene rings is 1. The number of nitrogens with zero attached hydrogens (tertiary/aromatic N) is 1. The Bertz CT molecular complexity index is 551. The maximum Gasteiger partial charge on any atom is 0.269 e. The Labute approximate surface area is 109 Å². The molecule has 7 heteroatoms. The highest BCUT2D eigenvalue weighted by atomic mass is 16.6. The van der Waals surface area contributed by atoms with Crippen molar-refractivity contribution in [3.8, 4) is 0 Å². The Kier molecular flexibility index (Phi) is 3.07. The Hall–Kier alpha value is -2.28. The fourth-order valence-corrected chi connectivity index (χ4v) is 1.92. The van der Waals surface area contributed by atoms with Gasteiger partial charge in [-0.2, -0.15) is 0 Å². The quantitative estimate of drug-likeness (QED) is 0.477. The number of nitrogens with one attached hydrogen (secondary N) is 2. The molecule has 1 atom stereocenters. The van der Waals surface area contributed by atoms with Crippen LogP contribution in [-0.2, 0) is 4.79 Å². The lowest BCUT2D eigenvalue weighted by Crippen LogP contribution is -2.42. The van der Waals surface area contributed by atoms with E-state index in [2.05, 4.69) is 10.9 Å². The average molecular weight is 263 g/mol. The number of rotatable bonds is 3. The van der Waals surface area contributed by atoms with E-state index in [-0.39, 0.29) is 17.4 Å². The molecule has 0 saturated carbocycles. The van der Waals surface area contributed by atoms with Gasteiger partial charge >= 0.3 is 0 Å². The number of carbonyl (C=O) groups excluding carboxylic acids is 2. The summed E-state index contributed by atoms with van der Waals surface area (Å²) in [6.07, 6.45) is 0. The molecule has 1 heterocycles. The van der Waals surface area contributed by atoms with Crippen molar-refractivity contribution in [2.75, 3.05) is 0 Å². The molecule has 7 nitrogen and oxygen atoms in total. The maximum atomic E-state index is 12.3. The van der Waals surface area contributed by atoms with Gasteiger partial charge in [0.1, 0.15) is 6.04 Å². The van der Waals surface area contributed by atoms with Crippen molar-refractivity contribution in [1.82, 2.24) is 10.9 Å². The molecule has 0 bridgehead atoms. The van der Waals surface area contributed by atoms with Crippen molar-refractivity contribution in [1.29, 1.82) is 0 Å². The maximum absolute atomic E-state index is 12.3. The van der Waals surface area contributed by atoms with E-state index in [1.165, 1.54) is 24.3 Å². The zero-order chi connectivity index (χ0) is 14.2. The minimum Gasteiger partial charge on any atom is -0.292 e. The van der Waals surface area contributed by atoms with E-state index in [1.807, 2.05) is 0 Å². The van der Waals surface area contributed by atoms with Crippen LogP contribution in [0.1, 0.15) is 24.2 Å². The molecule has 0 radical (unpaired) electrons. The number of hydrogen-bond donors (Lipinski definition) is 2. The van der Waals surface area contributed by atoms with E-state index in [0.29, 0.717) is 5.56 Å². The van der Waals surface area contributed by atoms with E-state index in [4.69, 9.17) is 0 Å². The summed E-state index contributed by atoms with van der Waals surface area (Å²) in [6, 6.07) is 4.62. The van der Waals surface area contributed by atoms with Crippen LogP contribution in [0, 0.1) is 15.5 Å². The normalized spacial score (nSPS) is 20.9. The molecule has 0 aromatic heterocycles. The van der Waals surface area contributed by atoms with Crippen LogP contribution in [0.2, 0.25) is 0 Å². The molecule has 100 valence electrons. The lowest BCUT2D eigenvalue weighted by Gasteiger charge is -2.21. The standard InChI is InChI=1S/C12H13N3O4/c1-12(2)10(13-14-11(12)17)9(16)7-3-5-8(6-4-7)15(18)19/h3-6,10,13H,1-2H3,(H,14,17). The minimum absolute atomic E-state index is 0.0793. The first-order valence-corrected chi connectivity index (χ1v) is 5.68. The summed E-state index contributed by atoms with van der Waals surface area (Å²) >= 11 is 0. The predicted octanol–water partition coefficient (Wildman–Crippen LogP) is 0.807. The molecule has 0 spiro atoms. The number of hydrogen-bond acceptors (Lipinski definition) is 5. The van der Waals surface area contributed by atoms with Gasteiger partial charge in [0.2, 0.25) is 5.91 Å². The molecule has 2 rings (SSSR count). The summed E-state index contributed by atoms with van der Waals surface area (Å²) in [6.45, 7) is 3.33. The van der Waals surface area contributed by atoms with Crippen molar-refractivity contribution in [2.45, 2.75) is 19.9 Å². The second-order valence-corrected chi connectivity index (χ2v) is 4.92. The van der Waals surface area contributed by atoms with Crippen molar-refractivity contribution in [3.05, 3.63) is 39.9 Å². The molecule has 1 amide bonds. The highest BCUT2D eigenvalue weighted by molar-refractivity contribution is 6.05. The Morgan fingerprint density at radius 1 is 1.32 bits per heavy atom. The van der Waals surface area contributed by atoms with E-state index in [9.17, 15) is 19.7 Å². The molecule has 1 fully saturated rings. The van der Waals surface area contributed by atoms with Crippen LogP contribution in [0.15, 0.2) is 24.3 Å². The van der Waals surface area contributed by atoms with E-state index in [0.717, 1.165) is 0 Å². The van der Waals surface area contributed by atoms with Gasteiger partial charge < -0.3 is 0 Å². The minimum atomic E-state index is -0.862. The first kappa shape index (κ1) is 13.2. The molecular formula is C12H13N3O4. The third kappa shape index (κ3) is 2.19. The fourth-order valence-electron chi connectivity index (χ4n) is 1.92. The van der Waals surface area contributed by atoms with Crippen LogP contribution in [0.3, 0.4) is 0 Å². The summed E-state index contributed by atoms with van der Waals surface area (Å²) in [7, 11) is 0. The van der Waals surface area contributed by atoms with Gasteiger partial charge in [-0.15, -0.1) is 0 Å². The molecule has 1 aromatic carbocycles. The highest BCUT2D eigenvalue weighted by Gasteiger charge is 2.46. The van der Waals surface area contributed by atoms with Gasteiger partial charge in [0.05, 0.1) is 10.3 Å². The number of hydrazine groups is 1. The number of non-ortho nitro benzene ring substituents is 1. The van der Waals surface area contributed by atoms with E-state index >= 15 is 0 Å². The van der Waals surface area contributed by atoms with Crippen LogP contribution < -0.4 is 10.9 Å². The van der Waals surface area contributed by atoms with Gasteiger partial charge in [-0.3, -0.25) is 25.1 Å². The smallest absolute Gasteiger partial charge is 0.269 e. The summed E-state index contributed by atoms with van der Waals surface area (Å²) < 4.78 is 0. The number of ketones is 1. The molecule has 2 N–H and O–H groups in total. The summed E-state index contributed by atoms with van der Waals surface area (Å²) in [5.41, 5.74) is 4.46. The van der Waals surface area contributed by atoms with Crippen LogP contribution in [0.4, 0.5) is 5.69 Å². The van der Waals surface area contributed by atoms with Crippen LogP contribution in [0.5, 0.6) is 0 Å². The number of Topliss-reactive ketones (excluding diaryl/α,β-unsaturated/α-hetero) is 1. The topological polar surface area (TPSA) is 101 Å². The Morgan fingerprint density at radius 3 is 2.32 bits per heavy atom. The van der Waals surface area contributed by atoms with E-state index in [1.54, 1.807) is 13.8 Å². The van der Waals surface area contributed by atoms with Gasteiger partial charge in [0.25, 0.3) is 5.69 Å². The SMILES string of the molecule is CC1(C)C(=O)NNC1C(=O)c1ccc([N+](=O)[O-])cc1. The fraction of sp³-hybridized carbons (Fsp3) is 0.333. The number of nitro groups is 1. The van der Waals surface area contributed by atoms with Gasteiger partial charge in [0.15, 0.2) is 5.78 Å². The average Bonchev–Trinajstić information content (AvgIpc) is 2.63. The van der Waals surface area contributed by atoms with Crippen molar-refractivity contribution < 1.29 is 14.5 Å². The first-order valence-electron chi connectivity index (χ1n) is 5.68.